The van der Waals surface area contributed by atoms with E-state index in [1.54, 1.807) is 23.1 Å². The van der Waals surface area contributed by atoms with Crippen molar-refractivity contribution in [3.63, 3.8) is 0 Å². The number of carbonyl (C=O) groups excluding carboxylic acids is 2. The van der Waals surface area contributed by atoms with Crippen LogP contribution in [0.15, 0.2) is 18.2 Å². The van der Waals surface area contributed by atoms with Crippen LogP contribution in [0.5, 0.6) is 0 Å². The number of nitrogens with zero attached hydrogens (tertiary/aromatic N) is 1. The van der Waals surface area contributed by atoms with E-state index < -0.39 is 0 Å². The summed E-state index contributed by atoms with van der Waals surface area (Å²) in [7, 11) is 0. The third-order valence-corrected chi connectivity index (χ3v) is 4.34. The number of benzene rings is 1. The van der Waals surface area contributed by atoms with Gasteiger partial charge in [-0.05, 0) is 49.9 Å². The van der Waals surface area contributed by atoms with Crippen molar-refractivity contribution in [2.24, 2.45) is 5.92 Å². The second-order valence-electron chi connectivity index (χ2n) is 6.06. The molecule has 0 heterocycles. The first-order valence-electron chi connectivity index (χ1n) is 8.23. The van der Waals surface area contributed by atoms with Gasteiger partial charge in [0.05, 0.1) is 23.8 Å². The highest BCUT2D eigenvalue weighted by molar-refractivity contribution is 6.36. The number of halogens is 3. The molecule has 1 aromatic rings. The summed E-state index contributed by atoms with van der Waals surface area (Å²) in [5.41, 5.74) is 0.488. The van der Waals surface area contributed by atoms with Gasteiger partial charge in [-0.2, -0.15) is 0 Å². The molecule has 2 N–H and O–H groups in total. The van der Waals surface area contributed by atoms with E-state index in [2.05, 4.69) is 10.6 Å². The lowest BCUT2D eigenvalue weighted by atomic mass is 10.3. The lowest BCUT2D eigenvalue weighted by Crippen LogP contribution is -2.43. The lowest BCUT2D eigenvalue weighted by Gasteiger charge is -2.22. The third kappa shape index (κ3) is 7.82. The molecule has 0 aromatic heterocycles. The summed E-state index contributed by atoms with van der Waals surface area (Å²) < 4.78 is 0. The van der Waals surface area contributed by atoms with E-state index >= 15 is 0 Å². The molecule has 1 aliphatic carbocycles. The maximum Gasteiger partial charge on any atom is 0.244 e. The van der Waals surface area contributed by atoms with Crippen molar-refractivity contribution >= 4 is 53.1 Å². The number of amides is 2. The van der Waals surface area contributed by atoms with Crippen molar-refractivity contribution in [1.29, 1.82) is 0 Å². The number of hydrogen-bond acceptors (Lipinski definition) is 3. The van der Waals surface area contributed by atoms with Crippen LogP contribution >= 0.6 is 35.6 Å². The summed E-state index contributed by atoms with van der Waals surface area (Å²) in [4.78, 5) is 26.1. The average Bonchev–Trinajstić information content (AvgIpc) is 3.34. The molecular formula is C17H24Cl3N3O2. The van der Waals surface area contributed by atoms with Crippen LogP contribution in [0.2, 0.25) is 10.0 Å². The molecule has 25 heavy (non-hydrogen) atoms. The highest BCUT2D eigenvalue weighted by atomic mass is 35.5. The summed E-state index contributed by atoms with van der Waals surface area (Å²) in [6, 6.07) is 4.86. The fourth-order valence-electron chi connectivity index (χ4n) is 2.33. The first-order valence-corrected chi connectivity index (χ1v) is 8.98. The monoisotopic (exact) mass is 407 g/mol. The third-order valence-electron chi connectivity index (χ3n) is 3.79. The number of nitrogens with one attached hydrogen (secondary N) is 2. The Morgan fingerprint density at radius 3 is 2.60 bits per heavy atom. The van der Waals surface area contributed by atoms with Gasteiger partial charge in [0.25, 0.3) is 0 Å². The van der Waals surface area contributed by atoms with Crippen LogP contribution in [0.4, 0.5) is 5.69 Å². The van der Waals surface area contributed by atoms with E-state index in [-0.39, 0.29) is 37.3 Å². The smallest absolute Gasteiger partial charge is 0.244 e. The highest BCUT2D eigenvalue weighted by Crippen LogP contribution is 2.27. The predicted octanol–water partition coefficient (Wildman–Crippen LogP) is 3.59. The van der Waals surface area contributed by atoms with E-state index in [9.17, 15) is 9.59 Å². The highest BCUT2D eigenvalue weighted by Gasteiger charge is 2.22. The van der Waals surface area contributed by atoms with E-state index in [1.807, 2.05) is 6.92 Å². The Labute approximate surface area is 164 Å². The predicted molar refractivity (Wildman–Crippen MR) is 105 cm³/mol. The SMILES string of the molecule is CCCN(CC(=O)Nc1ccc(Cl)cc1Cl)C(=O)CNCC1CC1.Cl. The molecule has 0 atom stereocenters. The van der Waals surface area contributed by atoms with Crippen molar-refractivity contribution in [2.75, 3.05) is 31.5 Å². The minimum Gasteiger partial charge on any atom is -0.332 e. The summed E-state index contributed by atoms with van der Waals surface area (Å²) in [5.74, 6) is 0.380. The maximum absolute atomic E-state index is 12.3. The molecule has 1 aromatic carbocycles. The second kappa shape index (κ2) is 10.9. The first-order chi connectivity index (χ1) is 11.5. The van der Waals surface area contributed by atoms with Gasteiger partial charge >= 0.3 is 0 Å². The van der Waals surface area contributed by atoms with Crippen LogP contribution in [0.25, 0.3) is 0 Å². The van der Waals surface area contributed by atoms with Gasteiger partial charge < -0.3 is 15.5 Å². The quantitative estimate of drug-likeness (QED) is 0.656. The molecule has 0 saturated heterocycles. The van der Waals surface area contributed by atoms with Gasteiger partial charge in [0, 0.05) is 11.6 Å². The fourth-order valence-corrected chi connectivity index (χ4v) is 2.79. The Bertz CT molecular complexity index is 595. The number of hydrogen-bond donors (Lipinski definition) is 2. The van der Waals surface area contributed by atoms with Gasteiger partial charge in [-0.15, -0.1) is 12.4 Å². The Balaban J connectivity index is 0.00000312. The van der Waals surface area contributed by atoms with Crippen LogP contribution < -0.4 is 10.6 Å². The van der Waals surface area contributed by atoms with Crippen molar-refractivity contribution in [2.45, 2.75) is 26.2 Å². The molecule has 0 radical (unpaired) electrons. The summed E-state index contributed by atoms with van der Waals surface area (Å²) in [6.07, 6.45) is 3.28. The molecule has 2 rings (SSSR count). The molecule has 1 aliphatic rings. The minimum absolute atomic E-state index is 0. The lowest BCUT2D eigenvalue weighted by molar-refractivity contribution is -0.133. The Morgan fingerprint density at radius 2 is 2.00 bits per heavy atom. The van der Waals surface area contributed by atoms with Crippen LogP contribution in [-0.4, -0.2) is 42.9 Å². The minimum atomic E-state index is -0.275. The Morgan fingerprint density at radius 1 is 1.28 bits per heavy atom. The van der Waals surface area contributed by atoms with Crippen molar-refractivity contribution in [3.8, 4) is 0 Å². The normalized spacial score (nSPS) is 13.1. The molecule has 1 fully saturated rings. The Kier molecular flexibility index (Phi) is 9.57. The molecule has 140 valence electrons. The molecule has 0 unspecified atom stereocenters. The van der Waals surface area contributed by atoms with Crippen LogP contribution in [0, 0.1) is 5.92 Å². The number of carbonyl (C=O) groups is 2. The summed E-state index contributed by atoms with van der Waals surface area (Å²) in [6.45, 7) is 3.68. The number of rotatable bonds is 9. The first kappa shape index (κ1) is 22.0. The van der Waals surface area contributed by atoms with Gasteiger partial charge in [0.1, 0.15) is 0 Å². The van der Waals surface area contributed by atoms with Gasteiger partial charge in [-0.1, -0.05) is 30.1 Å². The molecule has 5 nitrogen and oxygen atoms in total. The van der Waals surface area contributed by atoms with E-state index in [0.29, 0.717) is 28.2 Å². The van der Waals surface area contributed by atoms with Crippen LogP contribution in [-0.2, 0) is 9.59 Å². The fraction of sp³-hybridized carbons (Fsp3) is 0.529. The topological polar surface area (TPSA) is 61.4 Å². The zero-order valence-corrected chi connectivity index (χ0v) is 16.5. The number of anilines is 1. The van der Waals surface area contributed by atoms with E-state index in [4.69, 9.17) is 23.2 Å². The summed E-state index contributed by atoms with van der Waals surface area (Å²) >= 11 is 11.9. The van der Waals surface area contributed by atoms with Crippen LogP contribution in [0.3, 0.4) is 0 Å². The van der Waals surface area contributed by atoms with Crippen molar-refractivity contribution in [3.05, 3.63) is 28.2 Å². The molecule has 0 bridgehead atoms. The van der Waals surface area contributed by atoms with Gasteiger partial charge in [-0.3, -0.25) is 9.59 Å². The van der Waals surface area contributed by atoms with Gasteiger partial charge in [-0.25, -0.2) is 0 Å². The molecule has 0 spiro atoms. The molecule has 2 amide bonds. The van der Waals surface area contributed by atoms with E-state index in [0.717, 1.165) is 13.0 Å². The standard InChI is InChI=1S/C17H23Cl2N3O2.ClH/c1-2-7-22(17(24)10-20-9-12-3-4-12)11-16(23)21-15-6-5-13(18)8-14(15)19;/h5-6,8,12,20H,2-4,7,9-11H2,1H3,(H,21,23);1H. The summed E-state index contributed by atoms with van der Waals surface area (Å²) in [5, 5.41) is 6.76. The van der Waals surface area contributed by atoms with Gasteiger partial charge in [0.15, 0.2) is 0 Å². The van der Waals surface area contributed by atoms with Gasteiger partial charge in [0.2, 0.25) is 11.8 Å². The van der Waals surface area contributed by atoms with E-state index in [1.165, 1.54) is 12.8 Å². The maximum atomic E-state index is 12.3. The second-order valence-corrected chi connectivity index (χ2v) is 6.91. The zero-order valence-electron chi connectivity index (χ0n) is 14.2. The van der Waals surface area contributed by atoms with Crippen molar-refractivity contribution in [1.82, 2.24) is 10.2 Å². The zero-order chi connectivity index (χ0) is 17.5. The van der Waals surface area contributed by atoms with Crippen LogP contribution in [0.1, 0.15) is 26.2 Å². The Hall–Kier alpha value is -1.01. The molecule has 8 heteroatoms. The van der Waals surface area contributed by atoms with Crippen molar-refractivity contribution < 1.29 is 9.59 Å². The molecule has 1 saturated carbocycles. The molecular weight excluding hydrogens is 385 g/mol. The molecule has 0 aliphatic heterocycles. The largest absolute Gasteiger partial charge is 0.332 e. The average molecular weight is 409 g/mol.